The maximum atomic E-state index is 14.2. The first-order chi connectivity index (χ1) is 39.4. The molecule has 6 aromatic rings. The zero-order valence-corrected chi connectivity index (χ0v) is 46.7. The van der Waals surface area contributed by atoms with Crippen LogP contribution >= 0.6 is 0 Å². The number of Topliss-reactive ketones (excluding diaryl/α,β-unsaturated/α-hetero) is 3. The average molecular weight is 1120 g/mol. The van der Waals surface area contributed by atoms with E-state index in [1.54, 1.807) is 36.4 Å². The minimum atomic E-state index is -1.95. The standard InChI is InChI=1S/C64H82N12O6/c65-37-13-10-34-62(71,56(77)52(68)40-43-16-4-1-5-17-43)59(80)74-49-28-22-46(23-29-49)55(47-24-30-50(31-25-47)75-60(81)63(72,35-11-14-38-66)57(78)53(69)41-44-18-6-2-7-19-44)48-26-32-51(33-27-48)76-61(82)64(73,36-12-15-39-67)58(79)54(70)42-45-20-8-3-9-21-45/h1-9,16-33,52-55H,10-15,34-42,65-73H2,(H,74,80)(H,75,81)(H,76,82)/t52-,53-,54-,62+,63+,64+/m0/s1. The number of anilines is 3. The van der Waals surface area contributed by atoms with Gasteiger partial charge in [0.25, 0.3) is 17.7 Å². The van der Waals surface area contributed by atoms with Gasteiger partial charge in [0, 0.05) is 23.0 Å². The number of benzene rings is 6. The van der Waals surface area contributed by atoms with Gasteiger partial charge < -0.3 is 67.6 Å². The minimum absolute atomic E-state index is 0.0295. The molecular weight excluding hydrogens is 1030 g/mol. The summed E-state index contributed by atoms with van der Waals surface area (Å²) in [6.45, 7) is 1.06. The van der Waals surface area contributed by atoms with Crippen molar-refractivity contribution in [1.82, 2.24) is 0 Å². The van der Waals surface area contributed by atoms with Gasteiger partial charge in [-0.05, 0) is 166 Å². The van der Waals surface area contributed by atoms with Crippen molar-refractivity contribution in [3.8, 4) is 0 Å². The molecule has 0 aliphatic carbocycles. The fourth-order valence-corrected chi connectivity index (χ4v) is 10.1. The Bertz CT molecular complexity index is 2700. The van der Waals surface area contributed by atoms with Crippen LogP contribution in [0.1, 0.15) is 97.1 Å². The summed E-state index contributed by atoms with van der Waals surface area (Å²) >= 11 is 0. The van der Waals surface area contributed by atoms with Gasteiger partial charge in [0.15, 0.2) is 34.0 Å². The van der Waals surface area contributed by atoms with E-state index >= 15 is 0 Å². The minimum Gasteiger partial charge on any atom is -0.330 e. The summed E-state index contributed by atoms with van der Waals surface area (Å²) in [4.78, 5) is 84.5. The molecule has 3 amide bonds. The van der Waals surface area contributed by atoms with Crippen molar-refractivity contribution in [3.05, 3.63) is 197 Å². The molecule has 0 aliphatic heterocycles. The largest absolute Gasteiger partial charge is 0.330 e. The first kappa shape index (κ1) is 63.6. The number of unbranched alkanes of at least 4 members (excludes halogenated alkanes) is 3. The molecule has 0 spiro atoms. The topological polar surface area (TPSA) is 373 Å². The van der Waals surface area contributed by atoms with Gasteiger partial charge in [0.1, 0.15) is 0 Å². The molecule has 21 N–H and O–H groups in total. The van der Waals surface area contributed by atoms with Crippen LogP contribution in [0.3, 0.4) is 0 Å². The molecule has 0 unspecified atom stereocenters. The third-order valence-corrected chi connectivity index (χ3v) is 15.0. The van der Waals surface area contributed by atoms with Crippen molar-refractivity contribution >= 4 is 52.1 Å². The van der Waals surface area contributed by atoms with Crippen LogP contribution in [0.4, 0.5) is 17.1 Å². The molecule has 0 saturated carbocycles. The quantitative estimate of drug-likeness (QED) is 0.0152. The molecule has 6 aromatic carbocycles. The molecule has 0 heterocycles. The zero-order chi connectivity index (χ0) is 59.3. The molecule has 0 saturated heterocycles. The van der Waals surface area contributed by atoms with Crippen molar-refractivity contribution in [2.45, 2.75) is 118 Å². The van der Waals surface area contributed by atoms with E-state index in [0.29, 0.717) is 75.2 Å². The van der Waals surface area contributed by atoms with E-state index in [1.807, 2.05) is 127 Å². The highest BCUT2D eigenvalue weighted by atomic mass is 16.2. The molecule has 0 fully saturated rings. The predicted octanol–water partition coefficient (Wildman–Crippen LogP) is 4.58. The number of hydrogen-bond donors (Lipinski definition) is 12. The second-order valence-electron chi connectivity index (χ2n) is 21.3. The molecule has 6 atom stereocenters. The molecule has 82 heavy (non-hydrogen) atoms. The van der Waals surface area contributed by atoms with Crippen LogP contribution < -0.4 is 67.6 Å². The van der Waals surface area contributed by atoms with Gasteiger partial charge in [-0.25, -0.2) is 0 Å². The van der Waals surface area contributed by atoms with E-state index in [4.69, 9.17) is 51.6 Å². The van der Waals surface area contributed by atoms with Gasteiger partial charge in [0.05, 0.1) is 18.1 Å². The highest BCUT2D eigenvalue weighted by Crippen LogP contribution is 2.35. The lowest BCUT2D eigenvalue weighted by atomic mass is 9.82. The zero-order valence-electron chi connectivity index (χ0n) is 46.7. The molecular formula is C64H82N12O6. The van der Waals surface area contributed by atoms with Crippen molar-refractivity contribution < 1.29 is 28.8 Å². The van der Waals surface area contributed by atoms with Gasteiger partial charge in [-0.3, -0.25) is 28.8 Å². The maximum Gasteiger partial charge on any atom is 0.252 e. The summed E-state index contributed by atoms with van der Waals surface area (Å²) in [7, 11) is 0. The van der Waals surface area contributed by atoms with Gasteiger partial charge >= 0.3 is 0 Å². The van der Waals surface area contributed by atoms with Gasteiger partial charge in [0.2, 0.25) is 0 Å². The smallest absolute Gasteiger partial charge is 0.252 e. The van der Waals surface area contributed by atoms with Crippen LogP contribution in [0.25, 0.3) is 0 Å². The Morgan fingerprint density at radius 1 is 0.341 bits per heavy atom. The van der Waals surface area contributed by atoms with Crippen LogP contribution in [0, 0.1) is 0 Å². The average Bonchev–Trinajstić information content (AvgIpc) is 3.66. The van der Waals surface area contributed by atoms with Crippen LogP contribution in [0.2, 0.25) is 0 Å². The summed E-state index contributed by atoms with van der Waals surface area (Å²) < 4.78 is 0. The highest BCUT2D eigenvalue weighted by Gasteiger charge is 2.46. The third kappa shape index (κ3) is 16.8. The molecule has 18 heteroatoms. The van der Waals surface area contributed by atoms with E-state index in [0.717, 1.165) is 33.4 Å². The number of ketones is 3. The van der Waals surface area contributed by atoms with Gasteiger partial charge in [-0.2, -0.15) is 0 Å². The Kier molecular flexibility index (Phi) is 23.6. The lowest BCUT2D eigenvalue weighted by Gasteiger charge is -2.30. The number of carbonyl (C=O) groups is 6. The number of rotatable bonds is 33. The van der Waals surface area contributed by atoms with Crippen LogP contribution in [0.15, 0.2) is 164 Å². The summed E-state index contributed by atoms with van der Waals surface area (Å²) in [6.07, 6.45) is 3.56. The van der Waals surface area contributed by atoms with E-state index in [9.17, 15) is 28.8 Å². The van der Waals surface area contributed by atoms with Crippen molar-refractivity contribution in [3.63, 3.8) is 0 Å². The molecule has 6 rings (SSSR count). The fourth-order valence-electron chi connectivity index (χ4n) is 10.1. The highest BCUT2D eigenvalue weighted by molar-refractivity contribution is 6.18. The van der Waals surface area contributed by atoms with Crippen molar-refractivity contribution in [2.24, 2.45) is 51.6 Å². The summed E-state index contributed by atoms with van der Waals surface area (Å²) in [5.74, 6) is -4.41. The Morgan fingerprint density at radius 3 is 0.793 bits per heavy atom. The number of nitrogens with one attached hydrogen (secondary N) is 3. The van der Waals surface area contributed by atoms with Crippen LogP contribution in [-0.4, -0.2) is 89.4 Å². The predicted molar refractivity (Wildman–Crippen MR) is 325 cm³/mol. The first-order valence-electron chi connectivity index (χ1n) is 28.1. The fraction of sp³-hybridized carbons (Fsp3) is 0.344. The molecule has 434 valence electrons. The van der Waals surface area contributed by atoms with Crippen LogP contribution in [-0.2, 0) is 48.0 Å². The Hall–Kier alpha value is -7.62. The SMILES string of the molecule is NCCCC[C@](N)(C(=O)Nc1ccc(C(c2ccc(NC(=O)[C@@](N)(CCCCN)C(=O)[C@@H](N)Cc3ccccc3)cc2)c2ccc(NC(=O)[C@@](N)(CCCCN)C(=O)[C@@H](N)Cc3ccccc3)cc2)cc1)C(=O)[C@@H](N)Cc1ccccc1. The lowest BCUT2D eigenvalue weighted by Crippen LogP contribution is -2.62. The molecule has 0 bridgehead atoms. The second kappa shape index (κ2) is 30.4. The molecule has 18 nitrogen and oxygen atoms in total. The molecule has 0 radical (unpaired) electrons. The summed E-state index contributed by atoms with van der Waals surface area (Å²) in [6, 6.07) is 45.8. The van der Waals surface area contributed by atoms with Crippen molar-refractivity contribution in [2.75, 3.05) is 35.6 Å². The first-order valence-corrected chi connectivity index (χ1v) is 28.1. The Labute approximate surface area is 481 Å². The van der Waals surface area contributed by atoms with Gasteiger partial charge in [-0.1, -0.05) is 127 Å². The van der Waals surface area contributed by atoms with Gasteiger partial charge in [-0.15, -0.1) is 0 Å². The van der Waals surface area contributed by atoms with Crippen LogP contribution in [0.5, 0.6) is 0 Å². The normalized spacial score (nSPS) is 14.7. The summed E-state index contributed by atoms with van der Waals surface area (Å²) in [5, 5.41) is 8.60. The van der Waals surface area contributed by atoms with Crippen molar-refractivity contribution in [1.29, 1.82) is 0 Å². The Balaban J connectivity index is 1.30. The van der Waals surface area contributed by atoms with E-state index < -0.39 is 75.7 Å². The van der Waals surface area contributed by atoms with E-state index in [1.165, 1.54) is 0 Å². The maximum absolute atomic E-state index is 14.2. The van der Waals surface area contributed by atoms with E-state index in [-0.39, 0.29) is 38.5 Å². The number of amides is 3. The Morgan fingerprint density at radius 2 is 0.573 bits per heavy atom. The third-order valence-electron chi connectivity index (χ3n) is 15.0. The summed E-state index contributed by atoms with van der Waals surface area (Å²) in [5.41, 5.74) is 57.0. The second-order valence-corrected chi connectivity index (χ2v) is 21.3. The number of nitrogens with two attached hydrogens (primary N) is 9. The number of carbonyl (C=O) groups excluding carboxylic acids is 6. The molecule has 0 aromatic heterocycles. The molecule has 0 aliphatic rings. The lowest BCUT2D eigenvalue weighted by molar-refractivity contribution is -0.135. The monoisotopic (exact) mass is 1110 g/mol. The number of hydrogen-bond acceptors (Lipinski definition) is 15. The van der Waals surface area contributed by atoms with E-state index in [2.05, 4.69) is 16.0 Å².